The van der Waals surface area contributed by atoms with Crippen LogP contribution in [0.3, 0.4) is 0 Å². The van der Waals surface area contributed by atoms with Crippen LogP contribution in [0.4, 0.5) is 14.5 Å². The standard InChI is InChI=1S/C14H11F2NO2/c15-12-7-6-11(8-13(12)16)19-9-14(18)17-10-4-2-1-3-5-10/h1-8H,9H2,(H,17,18). The second-order valence-electron chi connectivity index (χ2n) is 3.78. The highest BCUT2D eigenvalue weighted by Gasteiger charge is 2.06. The third-order valence-corrected chi connectivity index (χ3v) is 2.32. The minimum atomic E-state index is -1.01. The molecule has 0 aliphatic rings. The zero-order chi connectivity index (χ0) is 13.7. The molecule has 0 aliphatic carbocycles. The van der Waals surface area contributed by atoms with E-state index < -0.39 is 11.6 Å². The number of carbonyl (C=O) groups excluding carboxylic acids is 1. The van der Waals surface area contributed by atoms with Crippen molar-refractivity contribution >= 4 is 11.6 Å². The first-order valence-electron chi connectivity index (χ1n) is 5.58. The maximum absolute atomic E-state index is 12.9. The van der Waals surface area contributed by atoms with Crippen LogP contribution in [0.25, 0.3) is 0 Å². The van der Waals surface area contributed by atoms with Gasteiger partial charge < -0.3 is 10.1 Å². The van der Waals surface area contributed by atoms with Crippen LogP contribution in [-0.4, -0.2) is 12.5 Å². The third-order valence-electron chi connectivity index (χ3n) is 2.32. The lowest BCUT2D eigenvalue weighted by atomic mass is 10.3. The summed E-state index contributed by atoms with van der Waals surface area (Å²) < 4.78 is 30.6. The number of hydrogen-bond donors (Lipinski definition) is 1. The Morgan fingerprint density at radius 2 is 1.79 bits per heavy atom. The molecule has 0 saturated heterocycles. The van der Waals surface area contributed by atoms with E-state index in [4.69, 9.17) is 4.74 Å². The SMILES string of the molecule is O=C(COc1ccc(F)c(F)c1)Nc1ccccc1. The highest BCUT2D eigenvalue weighted by atomic mass is 19.2. The summed E-state index contributed by atoms with van der Waals surface area (Å²) in [5.74, 6) is -2.25. The first kappa shape index (κ1) is 13.0. The van der Waals surface area contributed by atoms with Gasteiger partial charge in [-0.1, -0.05) is 18.2 Å². The summed E-state index contributed by atoms with van der Waals surface area (Å²) in [4.78, 5) is 11.5. The average molecular weight is 263 g/mol. The van der Waals surface area contributed by atoms with Crippen molar-refractivity contribution in [2.75, 3.05) is 11.9 Å². The molecule has 3 nitrogen and oxygen atoms in total. The lowest BCUT2D eigenvalue weighted by Crippen LogP contribution is -2.20. The van der Waals surface area contributed by atoms with Gasteiger partial charge in [-0.15, -0.1) is 0 Å². The van der Waals surface area contributed by atoms with Crippen molar-refractivity contribution in [3.8, 4) is 5.75 Å². The molecule has 0 spiro atoms. The Bertz CT molecular complexity index is 573. The Morgan fingerprint density at radius 1 is 1.05 bits per heavy atom. The van der Waals surface area contributed by atoms with Crippen LogP contribution in [0, 0.1) is 11.6 Å². The summed E-state index contributed by atoms with van der Waals surface area (Å²) in [6.07, 6.45) is 0. The van der Waals surface area contributed by atoms with E-state index in [0.29, 0.717) is 5.69 Å². The molecule has 2 aromatic rings. The lowest BCUT2D eigenvalue weighted by molar-refractivity contribution is -0.118. The van der Waals surface area contributed by atoms with Gasteiger partial charge in [0.25, 0.3) is 5.91 Å². The zero-order valence-electron chi connectivity index (χ0n) is 9.90. The molecule has 19 heavy (non-hydrogen) atoms. The highest BCUT2D eigenvalue weighted by molar-refractivity contribution is 5.91. The van der Waals surface area contributed by atoms with Gasteiger partial charge in [0.1, 0.15) is 5.75 Å². The third kappa shape index (κ3) is 3.77. The summed E-state index contributed by atoms with van der Waals surface area (Å²) in [6, 6.07) is 12.0. The van der Waals surface area contributed by atoms with E-state index in [1.807, 2.05) is 6.07 Å². The van der Waals surface area contributed by atoms with Gasteiger partial charge in [0.15, 0.2) is 18.2 Å². The number of benzene rings is 2. The van der Waals surface area contributed by atoms with E-state index in [1.54, 1.807) is 24.3 Å². The number of ether oxygens (including phenoxy) is 1. The quantitative estimate of drug-likeness (QED) is 0.920. The zero-order valence-corrected chi connectivity index (χ0v) is 9.90. The predicted molar refractivity (Wildman–Crippen MR) is 66.9 cm³/mol. The maximum Gasteiger partial charge on any atom is 0.262 e. The van der Waals surface area contributed by atoms with Gasteiger partial charge in [-0.2, -0.15) is 0 Å². The molecule has 0 radical (unpaired) electrons. The smallest absolute Gasteiger partial charge is 0.262 e. The van der Waals surface area contributed by atoms with Gasteiger partial charge in [-0.05, 0) is 24.3 Å². The molecule has 98 valence electrons. The van der Waals surface area contributed by atoms with Gasteiger partial charge >= 0.3 is 0 Å². The average Bonchev–Trinajstić information content (AvgIpc) is 2.41. The van der Waals surface area contributed by atoms with Crippen LogP contribution >= 0.6 is 0 Å². The molecule has 0 saturated carbocycles. The van der Waals surface area contributed by atoms with Crippen LogP contribution in [0.1, 0.15) is 0 Å². The van der Waals surface area contributed by atoms with Gasteiger partial charge in [0.05, 0.1) is 0 Å². The number of carbonyl (C=O) groups is 1. The first-order valence-corrected chi connectivity index (χ1v) is 5.58. The number of para-hydroxylation sites is 1. The van der Waals surface area contributed by atoms with Crippen molar-refractivity contribution in [1.29, 1.82) is 0 Å². The fourth-order valence-corrected chi connectivity index (χ4v) is 1.43. The summed E-state index contributed by atoms with van der Waals surface area (Å²) in [7, 11) is 0. The molecule has 2 aromatic carbocycles. The number of hydrogen-bond acceptors (Lipinski definition) is 2. The molecule has 0 aromatic heterocycles. The Hall–Kier alpha value is -2.43. The number of rotatable bonds is 4. The second kappa shape index (κ2) is 5.95. The summed E-state index contributed by atoms with van der Waals surface area (Å²) in [5, 5.41) is 2.61. The molecule has 1 N–H and O–H groups in total. The van der Waals surface area contributed by atoms with Gasteiger partial charge in [0, 0.05) is 11.8 Å². The molecule has 0 heterocycles. The molecular weight excluding hydrogens is 252 g/mol. The van der Waals surface area contributed by atoms with Crippen LogP contribution in [0.5, 0.6) is 5.75 Å². The second-order valence-corrected chi connectivity index (χ2v) is 3.78. The van der Waals surface area contributed by atoms with Gasteiger partial charge in [0.2, 0.25) is 0 Å². The van der Waals surface area contributed by atoms with Gasteiger partial charge in [-0.3, -0.25) is 4.79 Å². The summed E-state index contributed by atoms with van der Waals surface area (Å²) >= 11 is 0. The molecule has 0 aliphatic heterocycles. The fourth-order valence-electron chi connectivity index (χ4n) is 1.43. The topological polar surface area (TPSA) is 38.3 Å². The van der Waals surface area contributed by atoms with Crippen LogP contribution in [0.15, 0.2) is 48.5 Å². The highest BCUT2D eigenvalue weighted by Crippen LogP contribution is 2.15. The number of halogens is 2. The predicted octanol–water partition coefficient (Wildman–Crippen LogP) is 2.98. The van der Waals surface area contributed by atoms with E-state index in [1.165, 1.54) is 6.07 Å². The van der Waals surface area contributed by atoms with Crippen molar-refractivity contribution in [3.05, 3.63) is 60.2 Å². The molecular formula is C14H11F2NO2. The molecule has 5 heteroatoms. The maximum atomic E-state index is 12.9. The Kier molecular flexibility index (Phi) is 4.07. The van der Waals surface area contributed by atoms with E-state index in [9.17, 15) is 13.6 Å². The van der Waals surface area contributed by atoms with Crippen LogP contribution in [0.2, 0.25) is 0 Å². The fraction of sp³-hybridized carbons (Fsp3) is 0.0714. The first-order chi connectivity index (χ1) is 9.15. The monoisotopic (exact) mass is 263 g/mol. The van der Waals surface area contributed by atoms with Crippen molar-refractivity contribution in [2.45, 2.75) is 0 Å². The van der Waals surface area contributed by atoms with E-state index in [-0.39, 0.29) is 18.3 Å². The Balaban J connectivity index is 1.88. The van der Waals surface area contributed by atoms with Crippen molar-refractivity contribution in [1.82, 2.24) is 0 Å². The van der Waals surface area contributed by atoms with Crippen LogP contribution in [-0.2, 0) is 4.79 Å². The van der Waals surface area contributed by atoms with Crippen molar-refractivity contribution in [3.63, 3.8) is 0 Å². The van der Waals surface area contributed by atoms with E-state index >= 15 is 0 Å². The molecule has 2 rings (SSSR count). The van der Waals surface area contributed by atoms with Crippen LogP contribution < -0.4 is 10.1 Å². The molecule has 1 amide bonds. The van der Waals surface area contributed by atoms with E-state index in [2.05, 4.69) is 5.32 Å². The lowest BCUT2D eigenvalue weighted by Gasteiger charge is -2.07. The van der Waals surface area contributed by atoms with Crippen molar-refractivity contribution < 1.29 is 18.3 Å². The number of nitrogens with one attached hydrogen (secondary N) is 1. The summed E-state index contributed by atoms with van der Waals surface area (Å²) in [5.41, 5.74) is 0.640. The normalized spacial score (nSPS) is 10.0. The molecule has 0 atom stereocenters. The number of amides is 1. The Labute approximate surface area is 108 Å². The Morgan fingerprint density at radius 3 is 2.47 bits per heavy atom. The molecule has 0 bridgehead atoms. The summed E-state index contributed by atoms with van der Waals surface area (Å²) in [6.45, 7) is -0.278. The van der Waals surface area contributed by atoms with Gasteiger partial charge in [-0.25, -0.2) is 8.78 Å². The minimum Gasteiger partial charge on any atom is -0.484 e. The minimum absolute atomic E-state index is 0.0992. The van der Waals surface area contributed by atoms with Crippen molar-refractivity contribution in [2.24, 2.45) is 0 Å². The van der Waals surface area contributed by atoms with E-state index in [0.717, 1.165) is 12.1 Å². The number of anilines is 1. The molecule has 0 unspecified atom stereocenters. The largest absolute Gasteiger partial charge is 0.484 e. The molecule has 0 fully saturated rings.